The summed E-state index contributed by atoms with van der Waals surface area (Å²) < 4.78 is 0. The van der Waals surface area contributed by atoms with E-state index in [-0.39, 0.29) is 5.37 Å². The molecule has 0 aromatic carbocycles. The van der Waals surface area contributed by atoms with Crippen LogP contribution in [-0.4, -0.2) is 22.9 Å². The van der Waals surface area contributed by atoms with Crippen LogP contribution in [0.4, 0.5) is 4.79 Å². The fourth-order valence-corrected chi connectivity index (χ4v) is 2.24. The van der Waals surface area contributed by atoms with Gasteiger partial charge in [-0.15, -0.1) is 0 Å². The molecule has 2 nitrogen and oxygen atoms in total. The van der Waals surface area contributed by atoms with Gasteiger partial charge in [0.15, 0.2) is 0 Å². The molecule has 0 spiro atoms. The Morgan fingerprint density at radius 2 is 2.23 bits per heavy atom. The summed E-state index contributed by atoms with van der Waals surface area (Å²) >= 11 is 5.52. The van der Waals surface area contributed by atoms with Crippen molar-refractivity contribution in [2.75, 3.05) is 6.54 Å². The Bertz CT molecular complexity index is 182. The summed E-state index contributed by atoms with van der Waals surface area (Å²) in [5, 5.41) is -0.273. The van der Waals surface area contributed by atoms with E-state index in [4.69, 9.17) is 11.6 Å². The molecule has 0 N–H and O–H groups in total. The molecule has 1 unspecified atom stereocenters. The molecule has 0 aromatic heterocycles. The van der Waals surface area contributed by atoms with Gasteiger partial charge in [0.1, 0.15) is 0 Å². The highest BCUT2D eigenvalue weighted by molar-refractivity contribution is 6.62. The van der Waals surface area contributed by atoms with Gasteiger partial charge in [0.2, 0.25) is 0 Å². The maximum absolute atomic E-state index is 11.1. The van der Waals surface area contributed by atoms with Crippen LogP contribution < -0.4 is 0 Å². The van der Waals surface area contributed by atoms with E-state index in [1.54, 1.807) is 0 Å². The summed E-state index contributed by atoms with van der Waals surface area (Å²) in [4.78, 5) is 12.9. The summed E-state index contributed by atoms with van der Waals surface area (Å²) in [6, 6.07) is 0.388. The van der Waals surface area contributed by atoms with Gasteiger partial charge in [-0.05, 0) is 43.2 Å². The van der Waals surface area contributed by atoms with Crippen LogP contribution in [0.1, 0.15) is 39.5 Å². The van der Waals surface area contributed by atoms with Gasteiger partial charge in [-0.2, -0.15) is 0 Å². The SMILES string of the molecule is CC(C)CC1CCCCN1C(=O)Cl. The van der Waals surface area contributed by atoms with Crippen molar-refractivity contribution in [3.63, 3.8) is 0 Å². The number of piperidine rings is 1. The molecule has 1 atom stereocenters. The molecule has 0 bridgehead atoms. The molecule has 1 amide bonds. The first-order valence-corrected chi connectivity index (χ1v) is 5.45. The molecule has 1 aliphatic rings. The summed E-state index contributed by atoms with van der Waals surface area (Å²) in [5.74, 6) is 0.640. The lowest BCUT2D eigenvalue weighted by atomic mass is 9.95. The van der Waals surface area contributed by atoms with Gasteiger partial charge >= 0.3 is 5.37 Å². The lowest BCUT2D eigenvalue weighted by Gasteiger charge is -2.35. The van der Waals surface area contributed by atoms with Crippen molar-refractivity contribution in [1.82, 2.24) is 4.90 Å². The van der Waals surface area contributed by atoms with Crippen LogP contribution in [0.15, 0.2) is 0 Å². The van der Waals surface area contributed by atoms with Crippen LogP contribution in [-0.2, 0) is 0 Å². The predicted octanol–water partition coefficient (Wildman–Crippen LogP) is 3.25. The van der Waals surface area contributed by atoms with Gasteiger partial charge in [-0.25, -0.2) is 0 Å². The van der Waals surface area contributed by atoms with E-state index in [9.17, 15) is 4.79 Å². The monoisotopic (exact) mass is 203 g/mol. The molecule has 1 heterocycles. The average molecular weight is 204 g/mol. The zero-order chi connectivity index (χ0) is 9.84. The third-order valence-corrected chi connectivity index (χ3v) is 2.81. The molecular formula is C10H18ClNO. The molecule has 76 valence electrons. The van der Waals surface area contributed by atoms with E-state index in [0.717, 1.165) is 25.8 Å². The summed E-state index contributed by atoms with van der Waals surface area (Å²) in [7, 11) is 0. The van der Waals surface area contributed by atoms with E-state index in [0.29, 0.717) is 12.0 Å². The summed E-state index contributed by atoms with van der Waals surface area (Å²) in [5.41, 5.74) is 0. The quantitative estimate of drug-likeness (QED) is 0.499. The first kappa shape index (κ1) is 10.8. The minimum atomic E-state index is -0.273. The Kier molecular flexibility index (Phi) is 4.04. The molecule has 0 saturated carbocycles. The van der Waals surface area contributed by atoms with Crippen LogP contribution in [0.25, 0.3) is 0 Å². The molecule has 13 heavy (non-hydrogen) atoms. The Morgan fingerprint density at radius 3 is 2.77 bits per heavy atom. The number of carbonyl (C=O) groups excluding carboxylic acids is 1. The second-order valence-electron chi connectivity index (χ2n) is 4.23. The van der Waals surface area contributed by atoms with Crippen LogP contribution in [0.5, 0.6) is 0 Å². The van der Waals surface area contributed by atoms with Gasteiger partial charge in [-0.3, -0.25) is 4.79 Å². The lowest BCUT2D eigenvalue weighted by molar-refractivity contribution is 0.158. The van der Waals surface area contributed by atoms with Gasteiger partial charge in [0.25, 0.3) is 0 Å². The van der Waals surface area contributed by atoms with Crippen LogP contribution in [0, 0.1) is 5.92 Å². The Labute approximate surface area is 85.2 Å². The zero-order valence-electron chi connectivity index (χ0n) is 8.42. The van der Waals surface area contributed by atoms with Crippen molar-refractivity contribution < 1.29 is 4.79 Å². The standard InChI is InChI=1S/C10H18ClNO/c1-8(2)7-9-5-3-4-6-12(9)10(11)13/h8-9H,3-7H2,1-2H3. The molecule has 1 aliphatic heterocycles. The number of likely N-dealkylation sites (tertiary alicyclic amines) is 1. The second kappa shape index (κ2) is 4.85. The Balaban J connectivity index is 2.51. The van der Waals surface area contributed by atoms with Gasteiger partial charge in [-0.1, -0.05) is 13.8 Å². The molecule has 0 aliphatic carbocycles. The van der Waals surface area contributed by atoms with Crippen molar-refractivity contribution in [2.24, 2.45) is 5.92 Å². The highest BCUT2D eigenvalue weighted by Gasteiger charge is 2.25. The number of hydrogen-bond donors (Lipinski definition) is 0. The molecular weight excluding hydrogens is 186 g/mol. The predicted molar refractivity (Wildman–Crippen MR) is 55.0 cm³/mol. The summed E-state index contributed by atoms with van der Waals surface area (Å²) in [6.07, 6.45) is 4.54. The van der Waals surface area contributed by atoms with Gasteiger partial charge in [0, 0.05) is 12.6 Å². The van der Waals surface area contributed by atoms with Crippen molar-refractivity contribution >= 4 is 17.0 Å². The van der Waals surface area contributed by atoms with Crippen molar-refractivity contribution in [2.45, 2.75) is 45.6 Å². The zero-order valence-corrected chi connectivity index (χ0v) is 9.18. The largest absolute Gasteiger partial charge is 0.326 e. The molecule has 0 radical (unpaired) electrons. The molecule has 1 saturated heterocycles. The highest BCUT2D eigenvalue weighted by Crippen LogP contribution is 2.23. The fourth-order valence-electron chi connectivity index (χ4n) is 2.02. The first-order chi connectivity index (χ1) is 6.11. The lowest BCUT2D eigenvalue weighted by Crippen LogP contribution is -2.41. The minimum Gasteiger partial charge on any atom is -0.326 e. The summed E-state index contributed by atoms with van der Waals surface area (Å²) in [6.45, 7) is 5.22. The molecule has 1 fully saturated rings. The number of carbonyl (C=O) groups is 1. The smallest absolute Gasteiger partial charge is 0.316 e. The van der Waals surface area contributed by atoms with E-state index in [1.807, 2.05) is 4.90 Å². The van der Waals surface area contributed by atoms with E-state index < -0.39 is 0 Å². The number of nitrogens with zero attached hydrogens (tertiary/aromatic N) is 1. The van der Waals surface area contributed by atoms with Gasteiger partial charge in [0.05, 0.1) is 0 Å². The number of rotatable bonds is 2. The van der Waals surface area contributed by atoms with Crippen LogP contribution in [0.3, 0.4) is 0 Å². The number of halogens is 1. The number of hydrogen-bond acceptors (Lipinski definition) is 1. The van der Waals surface area contributed by atoms with Crippen LogP contribution >= 0.6 is 11.6 Å². The first-order valence-electron chi connectivity index (χ1n) is 5.07. The molecule has 1 rings (SSSR count). The Hall–Kier alpha value is -0.240. The minimum absolute atomic E-state index is 0.273. The topological polar surface area (TPSA) is 20.3 Å². The van der Waals surface area contributed by atoms with E-state index >= 15 is 0 Å². The van der Waals surface area contributed by atoms with E-state index in [2.05, 4.69) is 13.8 Å². The Morgan fingerprint density at radius 1 is 1.54 bits per heavy atom. The second-order valence-corrected chi connectivity index (χ2v) is 4.55. The number of amides is 1. The molecule has 0 aromatic rings. The van der Waals surface area contributed by atoms with Crippen molar-refractivity contribution in [3.05, 3.63) is 0 Å². The third-order valence-electron chi connectivity index (χ3n) is 2.60. The van der Waals surface area contributed by atoms with Crippen molar-refractivity contribution in [1.29, 1.82) is 0 Å². The van der Waals surface area contributed by atoms with E-state index in [1.165, 1.54) is 6.42 Å². The van der Waals surface area contributed by atoms with Crippen LogP contribution in [0.2, 0.25) is 0 Å². The average Bonchev–Trinajstić information content (AvgIpc) is 2.03. The fraction of sp³-hybridized carbons (Fsp3) is 0.900. The highest BCUT2D eigenvalue weighted by atomic mass is 35.5. The van der Waals surface area contributed by atoms with Crippen molar-refractivity contribution in [3.8, 4) is 0 Å². The maximum atomic E-state index is 11.1. The molecule has 3 heteroatoms. The third kappa shape index (κ3) is 3.18. The van der Waals surface area contributed by atoms with Gasteiger partial charge < -0.3 is 4.90 Å². The normalized spacial score (nSPS) is 23.7. The maximum Gasteiger partial charge on any atom is 0.316 e.